The molecule has 224 valence electrons. The van der Waals surface area contributed by atoms with Gasteiger partial charge in [0.05, 0.1) is 20.5 Å². The quantitative estimate of drug-likeness (QED) is 0.366. The minimum Gasteiger partial charge on any atom is -0.389 e. The van der Waals surface area contributed by atoms with Crippen molar-refractivity contribution in [1.29, 1.82) is 0 Å². The summed E-state index contributed by atoms with van der Waals surface area (Å²) in [6, 6.07) is -0.456. The second kappa shape index (κ2) is 12.0. The first-order chi connectivity index (χ1) is 18.3. The van der Waals surface area contributed by atoms with Gasteiger partial charge in [0.2, 0.25) is 10.0 Å². The molecule has 1 aromatic carbocycles. The predicted octanol–water partition coefficient (Wildman–Crippen LogP) is 4.02. The number of halogens is 5. The number of amides is 1. The summed E-state index contributed by atoms with van der Waals surface area (Å²) in [5.41, 5.74) is -1.36. The molecule has 1 aromatic heterocycles. The monoisotopic (exact) mass is 666 g/mol. The molecule has 0 aliphatic carbocycles. The van der Waals surface area contributed by atoms with Crippen molar-refractivity contribution in [3.63, 3.8) is 0 Å². The Morgan fingerprint density at radius 2 is 1.73 bits per heavy atom. The second-order valence-corrected chi connectivity index (χ2v) is 15.0. The highest BCUT2D eigenvalue weighted by molar-refractivity contribution is 7.89. The summed E-state index contributed by atoms with van der Waals surface area (Å²) in [6.45, 7) is 3.78. The molecule has 1 aliphatic rings. The number of alkyl halides is 3. The summed E-state index contributed by atoms with van der Waals surface area (Å²) < 4.78 is 94.0. The van der Waals surface area contributed by atoms with E-state index in [0.717, 1.165) is 18.6 Å². The Balaban J connectivity index is 2.13. The van der Waals surface area contributed by atoms with E-state index in [4.69, 9.17) is 23.2 Å². The van der Waals surface area contributed by atoms with E-state index in [1.54, 1.807) is 0 Å². The van der Waals surface area contributed by atoms with E-state index >= 15 is 0 Å². The number of nitrogens with zero attached hydrogens (tertiary/aromatic N) is 2. The van der Waals surface area contributed by atoms with Gasteiger partial charge < -0.3 is 10.4 Å². The molecule has 0 unspecified atom stereocenters. The maximum Gasteiger partial charge on any atom is 0.404 e. The molecule has 3 N–H and O–H groups in total. The van der Waals surface area contributed by atoms with Gasteiger partial charge in [-0.1, -0.05) is 35.7 Å². The first kappa shape index (κ1) is 33.0. The molecule has 3 rings (SSSR count). The van der Waals surface area contributed by atoms with Crippen LogP contribution in [0, 0.1) is 0 Å². The van der Waals surface area contributed by atoms with Crippen molar-refractivity contribution in [2.75, 3.05) is 19.6 Å². The highest BCUT2D eigenvalue weighted by atomic mass is 35.5. The number of sulfonamides is 2. The van der Waals surface area contributed by atoms with Crippen LogP contribution in [-0.2, 0) is 20.0 Å². The largest absolute Gasteiger partial charge is 0.404 e. The van der Waals surface area contributed by atoms with E-state index in [1.165, 1.54) is 22.9 Å². The van der Waals surface area contributed by atoms with Crippen molar-refractivity contribution in [3.05, 3.63) is 27.2 Å². The summed E-state index contributed by atoms with van der Waals surface area (Å²) in [7, 11) is -9.04. The molecule has 0 bridgehead atoms. The molecule has 1 saturated heterocycles. The molecule has 10 nitrogen and oxygen atoms in total. The molecular formula is C22H27Cl2F3N4O6S3. The van der Waals surface area contributed by atoms with Crippen molar-refractivity contribution in [2.24, 2.45) is 0 Å². The number of rotatable bonds is 9. The Kier molecular flexibility index (Phi) is 9.89. The molecule has 18 heteroatoms. The highest BCUT2D eigenvalue weighted by Crippen LogP contribution is 2.43. The van der Waals surface area contributed by atoms with E-state index in [-0.39, 0.29) is 35.1 Å². The first-order valence-electron chi connectivity index (χ1n) is 11.8. The van der Waals surface area contributed by atoms with Crippen molar-refractivity contribution in [1.82, 2.24) is 19.3 Å². The van der Waals surface area contributed by atoms with E-state index in [2.05, 4.69) is 10.3 Å². The molecule has 0 saturated carbocycles. The van der Waals surface area contributed by atoms with Crippen LogP contribution in [0.4, 0.5) is 13.2 Å². The number of aromatic nitrogens is 1. The lowest BCUT2D eigenvalue weighted by Crippen LogP contribution is -2.43. The molecule has 1 atom stereocenters. The van der Waals surface area contributed by atoms with Crippen molar-refractivity contribution < 1.29 is 39.9 Å². The number of nitrogens with one attached hydrogen (secondary N) is 2. The van der Waals surface area contributed by atoms with Crippen LogP contribution in [0.15, 0.2) is 22.1 Å². The van der Waals surface area contributed by atoms with Gasteiger partial charge in [-0.05, 0) is 39.7 Å². The van der Waals surface area contributed by atoms with Gasteiger partial charge in [-0.25, -0.2) is 21.8 Å². The Bertz CT molecular complexity index is 1490. The maximum atomic E-state index is 13.6. The third-order valence-corrected chi connectivity index (χ3v) is 11.4. The van der Waals surface area contributed by atoms with Crippen molar-refractivity contribution in [2.45, 2.75) is 67.8 Å². The van der Waals surface area contributed by atoms with Gasteiger partial charge in [-0.2, -0.15) is 22.2 Å². The Hall–Kier alpha value is -1.53. The fourth-order valence-electron chi connectivity index (χ4n) is 3.63. The van der Waals surface area contributed by atoms with E-state index in [9.17, 15) is 39.9 Å². The Labute approximate surface area is 244 Å². The zero-order valence-electron chi connectivity index (χ0n) is 21.5. The van der Waals surface area contributed by atoms with Gasteiger partial charge in [0, 0.05) is 25.2 Å². The smallest absolute Gasteiger partial charge is 0.389 e. The average molecular weight is 668 g/mol. The van der Waals surface area contributed by atoms with Gasteiger partial charge in [-0.3, -0.25) is 4.79 Å². The van der Waals surface area contributed by atoms with Crippen LogP contribution in [-0.4, -0.2) is 74.6 Å². The highest BCUT2D eigenvalue weighted by Gasteiger charge is 2.40. The third-order valence-electron chi connectivity index (χ3n) is 5.78. The number of piperidine rings is 1. The van der Waals surface area contributed by atoms with Gasteiger partial charge >= 0.3 is 6.18 Å². The number of hydrogen-bond donors (Lipinski definition) is 3. The van der Waals surface area contributed by atoms with Crippen molar-refractivity contribution >= 4 is 60.5 Å². The van der Waals surface area contributed by atoms with Crippen LogP contribution in [0.2, 0.25) is 10.0 Å². The van der Waals surface area contributed by atoms with Crippen LogP contribution in [0.25, 0.3) is 10.4 Å². The summed E-state index contributed by atoms with van der Waals surface area (Å²) in [5, 5.41) is 10.5. The molecule has 0 spiro atoms. The third kappa shape index (κ3) is 7.45. The minimum absolute atomic E-state index is 0.0934. The molecule has 1 amide bonds. The molecule has 2 heterocycles. The maximum absolute atomic E-state index is 13.6. The number of thiazole rings is 1. The average Bonchev–Trinajstić information content (AvgIpc) is 3.29. The SMILES string of the molecule is C[C@H](NS(=O)(=O)c1ccc(-c2sc(C(=O)NCC(C)(C)O)nc2S(=O)(=O)N2CCCCC2)c(Cl)c1Cl)C(F)(F)F. The summed E-state index contributed by atoms with van der Waals surface area (Å²) in [5.74, 6) is -0.778. The predicted molar refractivity (Wildman–Crippen MR) is 145 cm³/mol. The Morgan fingerprint density at radius 1 is 1.12 bits per heavy atom. The molecule has 0 radical (unpaired) electrons. The fraction of sp³-hybridized carbons (Fsp3) is 0.545. The zero-order chi connectivity index (χ0) is 30.3. The summed E-state index contributed by atoms with van der Waals surface area (Å²) >= 11 is 13.2. The van der Waals surface area contributed by atoms with Crippen LogP contribution in [0.3, 0.4) is 0 Å². The summed E-state index contributed by atoms with van der Waals surface area (Å²) in [4.78, 5) is 16.0. The number of aliphatic hydroxyl groups is 1. The van der Waals surface area contributed by atoms with Crippen molar-refractivity contribution in [3.8, 4) is 10.4 Å². The summed E-state index contributed by atoms with van der Waals surface area (Å²) in [6.07, 6.45) is -2.81. The lowest BCUT2D eigenvalue weighted by atomic mass is 10.1. The Morgan fingerprint density at radius 3 is 2.27 bits per heavy atom. The van der Waals surface area contributed by atoms with Gasteiger partial charge in [0.25, 0.3) is 15.9 Å². The normalized spacial score (nSPS) is 16.6. The standard InChI is InChI=1S/C22H27Cl2F3N4O6S3/c1-12(22(25,26)27)30-39(34,35)14-8-7-13(15(23)16(14)24)17-20(40(36,37)31-9-5-4-6-10-31)29-19(38-17)18(32)28-11-21(2,3)33/h7-8,12,30,33H,4-6,9-11H2,1-3H3,(H,28,32)/t12-/m0/s1. The lowest BCUT2D eigenvalue weighted by Gasteiger charge is -2.25. The lowest BCUT2D eigenvalue weighted by molar-refractivity contribution is -0.147. The molecule has 1 fully saturated rings. The first-order valence-corrected chi connectivity index (χ1v) is 16.3. The molecular weight excluding hydrogens is 640 g/mol. The number of carbonyl (C=O) groups is 1. The number of carbonyl (C=O) groups excluding carboxylic acids is 1. The van der Waals surface area contributed by atoms with Crippen LogP contribution >= 0.6 is 34.5 Å². The van der Waals surface area contributed by atoms with Gasteiger partial charge in [0.1, 0.15) is 10.9 Å². The van der Waals surface area contributed by atoms with Gasteiger partial charge in [-0.15, -0.1) is 11.3 Å². The van der Waals surface area contributed by atoms with E-state index in [1.807, 2.05) is 0 Å². The zero-order valence-corrected chi connectivity index (χ0v) is 25.4. The minimum atomic E-state index is -4.87. The van der Waals surface area contributed by atoms with Crippen LogP contribution in [0.5, 0.6) is 0 Å². The topological polar surface area (TPSA) is 146 Å². The molecule has 2 aromatic rings. The van der Waals surface area contributed by atoms with Crippen LogP contribution < -0.4 is 10.0 Å². The number of hydrogen-bond acceptors (Lipinski definition) is 8. The van der Waals surface area contributed by atoms with E-state index in [0.29, 0.717) is 31.1 Å². The fourth-order valence-corrected chi connectivity index (χ4v) is 8.72. The molecule has 40 heavy (non-hydrogen) atoms. The van der Waals surface area contributed by atoms with Gasteiger partial charge in [0.15, 0.2) is 10.0 Å². The van der Waals surface area contributed by atoms with E-state index < -0.39 is 63.7 Å². The molecule has 1 aliphatic heterocycles. The number of benzene rings is 1. The second-order valence-electron chi connectivity index (χ2n) is 9.74. The van der Waals surface area contributed by atoms with Crippen LogP contribution in [0.1, 0.15) is 49.8 Å².